The predicted molar refractivity (Wildman–Crippen MR) is 52.5 cm³/mol. The van der Waals surface area contributed by atoms with Crippen LogP contribution in [0.2, 0.25) is 0 Å². The first kappa shape index (κ1) is 17.0. The predicted octanol–water partition coefficient (Wildman–Crippen LogP) is 4.01. The molecule has 0 aromatic heterocycles. The first-order valence-electron chi connectivity index (χ1n) is 4.07. The smallest absolute Gasteiger partial charge is 1.00 e. The van der Waals surface area contributed by atoms with Crippen molar-refractivity contribution in [2.75, 3.05) is 0 Å². The van der Waals surface area contributed by atoms with E-state index >= 15 is 0 Å². The second-order valence-corrected chi connectivity index (χ2v) is 2.34. The van der Waals surface area contributed by atoms with E-state index in [2.05, 4.69) is 12.2 Å². The fourth-order valence-electron chi connectivity index (χ4n) is 0.579. The summed E-state index contributed by atoms with van der Waals surface area (Å²) in [5, 5.41) is 0. The summed E-state index contributed by atoms with van der Waals surface area (Å²) in [6, 6.07) is 0. The van der Waals surface area contributed by atoms with Crippen LogP contribution in [0.4, 0.5) is 13.2 Å². The molecule has 4 heteroatoms. The Hall–Kier alpha value is -0.367. The van der Waals surface area contributed by atoms with Crippen molar-refractivity contribution >= 4 is 0 Å². The molecule has 0 spiro atoms. The molecule has 1 rings (SSSR count). The Kier molecular flexibility index (Phi) is 11.5. The Morgan fingerprint density at radius 3 is 2.40 bits per heavy atom. The summed E-state index contributed by atoms with van der Waals surface area (Å²) >= 11 is 0. The molecule has 0 aromatic rings. The molecule has 1 aliphatic carbocycles. The van der Waals surface area contributed by atoms with E-state index in [1.165, 1.54) is 18.2 Å². The zero-order valence-electron chi connectivity index (χ0n) is 10.3. The monoisotopic (exact) mass is 292 g/mol. The van der Waals surface area contributed by atoms with Gasteiger partial charge in [-0.3, -0.25) is 6.08 Å². The Labute approximate surface area is 110 Å². The first-order chi connectivity index (χ1) is 6.56. The van der Waals surface area contributed by atoms with Gasteiger partial charge in [0.2, 0.25) is 0 Å². The van der Waals surface area contributed by atoms with E-state index in [9.17, 15) is 13.2 Å². The Morgan fingerprint density at radius 2 is 2.13 bits per heavy atom. The largest absolute Gasteiger partial charge is 2.00 e. The summed E-state index contributed by atoms with van der Waals surface area (Å²) in [5.41, 5.74) is 0. The number of allylic oxidation sites excluding steroid dienone is 8. The zero-order valence-corrected chi connectivity index (χ0v) is 10.8. The minimum Gasteiger partial charge on any atom is -1.00 e. The molecular weight excluding hydrogens is 280 g/mol. The molecule has 84 valence electrons. The van der Waals surface area contributed by atoms with E-state index in [4.69, 9.17) is 0 Å². The third-order valence-electron chi connectivity index (χ3n) is 1.12. The summed E-state index contributed by atoms with van der Waals surface area (Å²) in [6.45, 7) is 1.63. The molecule has 0 saturated carbocycles. The number of halogens is 3. The van der Waals surface area contributed by atoms with E-state index < -0.39 is 6.18 Å². The van der Waals surface area contributed by atoms with Crippen LogP contribution in [-0.2, 0) is 26.2 Å². The van der Waals surface area contributed by atoms with Gasteiger partial charge >= 0.3 is 32.4 Å². The summed E-state index contributed by atoms with van der Waals surface area (Å²) in [6.07, 6.45) is 10.5. The van der Waals surface area contributed by atoms with Crippen LogP contribution in [0.3, 0.4) is 0 Å². The van der Waals surface area contributed by atoms with Crippen molar-refractivity contribution in [1.29, 1.82) is 0 Å². The Bertz CT molecular complexity index is 246. The maximum Gasteiger partial charge on any atom is 2.00 e. The molecule has 0 bridgehead atoms. The van der Waals surface area contributed by atoms with Crippen molar-refractivity contribution in [3.63, 3.8) is 0 Å². The topological polar surface area (TPSA) is 0 Å². The Morgan fingerprint density at radius 1 is 1.47 bits per heavy atom. The fourth-order valence-corrected chi connectivity index (χ4v) is 0.579. The average molecular weight is 293 g/mol. The van der Waals surface area contributed by atoms with Crippen LogP contribution in [0.5, 0.6) is 0 Å². The zero-order chi connectivity index (χ0) is 10.9. The molecule has 0 aromatic carbocycles. The molecule has 0 heterocycles. The molecule has 15 heavy (non-hydrogen) atoms. The quantitative estimate of drug-likeness (QED) is 0.506. The second kappa shape index (κ2) is 10.2. The molecule has 0 aliphatic heterocycles. The van der Waals surface area contributed by atoms with Crippen LogP contribution >= 0.6 is 0 Å². The molecule has 0 saturated heterocycles. The van der Waals surface area contributed by atoms with Gasteiger partial charge < -0.3 is 2.85 Å². The van der Waals surface area contributed by atoms with Crippen molar-refractivity contribution in [2.24, 2.45) is 0 Å². The molecule has 0 atom stereocenters. The number of alkyl halides is 3. The molecule has 0 fully saturated rings. The number of hydrogen-bond donors (Lipinski definition) is 0. The van der Waals surface area contributed by atoms with Crippen molar-refractivity contribution in [2.45, 2.75) is 19.5 Å². The fraction of sp³-hybridized carbons (Fsp3) is 0.273. The average Bonchev–Trinajstić information content (AvgIpc) is 2.59. The molecule has 0 amide bonds. The van der Waals surface area contributed by atoms with Gasteiger partial charge in [-0.2, -0.15) is 31.4 Å². The maximum absolute atomic E-state index is 11.2. The number of hydrogen-bond acceptors (Lipinski definition) is 0. The van der Waals surface area contributed by atoms with Gasteiger partial charge in [0.15, 0.2) is 0 Å². The van der Waals surface area contributed by atoms with E-state index in [1.54, 1.807) is 6.92 Å². The maximum atomic E-state index is 11.2. The minimum atomic E-state index is -4.31. The third kappa shape index (κ3) is 16.3. The molecule has 0 nitrogen and oxygen atoms in total. The van der Waals surface area contributed by atoms with Crippen LogP contribution < -0.4 is 0 Å². The molecule has 0 N–H and O–H groups in total. The van der Waals surface area contributed by atoms with Crippen LogP contribution in [0, 0.1) is 12.2 Å². The molecule has 0 unspecified atom stereocenters. The molecule has 0 radical (unpaired) electrons. The van der Waals surface area contributed by atoms with Crippen molar-refractivity contribution < 1.29 is 42.2 Å². The summed E-state index contributed by atoms with van der Waals surface area (Å²) in [7, 11) is 0. The van der Waals surface area contributed by atoms with E-state index in [0.717, 1.165) is 12.5 Å². The summed E-state index contributed by atoms with van der Waals surface area (Å²) in [4.78, 5) is 0. The molecular formula is C11H13F3Zr-2. The van der Waals surface area contributed by atoms with Crippen LogP contribution in [-0.4, -0.2) is 6.18 Å². The van der Waals surface area contributed by atoms with Gasteiger partial charge in [-0.05, 0) is 0 Å². The SMILES string of the molecule is CC=CC=[C-]C(F)(F)F.[C-]1=CC=CC1.[H-].[H-].[Zr+2]. The van der Waals surface area contributed by atoms with Gasteiger partial charge in [-0.1, -0.05) is 6.92 Å². The molecule has 1 aliphatic rings. The van der Waals surface area contributed by atoms with Crippen molar-refractivity contribution in [1.82, 2.24) is 0 Å². The third-order valence-corrected chi connectivity index (χ3v) is 1.12. The summed E-state index contributed by atoms with van der Waals surface area (Å²) in [5.74, 6) is 0. The van der Waals surface area contributed by atoms with Crippen LogP contribution in [0.25, 0.3) is 0 Å². The van der Waals surface area contributed by atoms with Gasteiger partial charge in [-0.15, -0.1) is 6.42 Å². The van der Waals surface area contributed by atoms with Gasteiger partial charge in [0.25, 0.3) is 0 Å². The van der Waals surface area contributed by atoms with Gasteiger partial charge in [-0.25, -0.2) is 24.3 Å². The van der Waals surface area contributed by atoms with Gasteiger partial charge in [0.1, 0.15) is 0 Å². The minimum absolute atomic E-state index is 0. The van der Waals surface area contributed by atoms with E-state index in [0.29, 0.717) is 0 Å². The number of rotatable bonds is 1. The van der Waals surface area contributed by atoms with Crippen molar-refractivity contribution in [3.8, 4) is 0 Å². The summed E-state index contributed by atoms with van der Waals surface area (Å²) < 4.78 is 33.6. The first-order valence-corrected chi connectivity index (χ1v) is 4.07. The normalized spacial score (nSPS) is 14.1. The van der Waals surface area contributed by atoms with E-state index in [1.807, 2.05) is 12.2 Å². The van der Waals surface area contributed by atoms with E-state index in [-0.39, 0.29) is 29.1 Å². The van der Waals surface area contributed by atoms with Gasteiger partial charge in [0, 0.05) is 0 Å². The Balaban J connectivity index is -0.0000000921. The standard InChI is InChI=1S/C6H6F3.C5H5.Zr.2H/c1-2-3-4-5-6(7,8)9;1-2-4-5-3-1;;;/h2-4H,1H3;1-3H,4H2;;;/q2*-1;+2;2*-1. The van der Waals surface area contributed by atoms with Crippen molar-refractivity contribution in [3.05, 3.63) is 48.6 Å². The van der Waals surface area contributed by atoms with Crippen LogP contribution in [0.1, 0.15) is 16.2 Å². The second-order valence-electron chi connectivity index (χ2n) is 2.34. The van der Waals surface area contributed by atoms with Gasteiger partial charge in [0.05, 0.1) is 0 Å². The van der Waals surface area contributed by atoms with Crippen LogP contribution in [0.15, 0.2) is 36.5 Å².